The maximum Gasteiger partial charge on any atom is 0.304 e. The number of hydrogen-bond donors (Lipinski definition) is 2. The SMILES string of the molecule is COc1ncncc1CNC(CC(=O)O)C12CC3CC(CC(C3)C1)C2. The molecule has 1 aromatic rings. The zero-order chi connectivity index (χ0) is 17.4. The number of carbonyl (C=O) groups is 1. The first kappa shape index (κ1) is 16.8. The van der Waals surface area contributed by atoms with E-state index in [0.29, 0.717) is 12.4 Å². The molecule has 4 saturated carbocycles. The molecule has 0 aliphatic heterocycles. The van der Waals surface area contributed by atoms with Gasteiger partial charge in [-0.3, -0.25) is 4.79 Å². The van der Waals surface area contributed by atoms with Gasteiger partial charge in [-0.15, -0.1) is 0 Å². The highest BCUT2D eigenvalue weighted by atomic mass is 16.5. The van der Waals surface area contributed by atoms with Crippen LogP contribution >= 0.6 is 0 Å². The maximum atomic E-state index is 11.5. The molecule has 5 rings (SSSR count). The molecule has 136 valence electrons. The van der Waals surface area contributed by atoms with Gasteiger partial charge in [-0.05, 0) is 61.7 Å². The molecule has 25 heavy (non-hydrogen) atoms. The van der Waals surface area contributed by atoms with Crippen LogP contribution in [0, 0.1) is 23.2 Å². The van der Waals surface area contributed by atoms with Crippen molar-refractivity contribution in [3.05, 3.63) is 18.1 Å². The van der Waals surface area contributed by atoms with Gasteiger partial charge in [0, 0.05) is 24.3 Å². The van der Waals surface area contributed by atoms with Crippen LogP contribution in [0.3, 0.4) is 0 Å². The van der Waals surface area contributed by atoms with Gasteiger partial charge in [0.15, 0.2) is 0 Å². The van der Waals surface area contributed by atoms with E-state index in [-0.39, 0.29) is 17.9 Å². The van der Waals surface area contributed by atoms with Crippen LogP contribution in [0.4, 0.5) is 0 Å². The molecule has 0 aromatic carbocycles. The molecule has 0 saturated heterocycles. The summed E-state index contributed by atoms with van der Waals surface area (Å²) in [6.45, 7) is 0.545. The largest absolute Gasteiger partial charge is 0.481 e. The van der Waals surface area contributed by atoms with E-state index in [1.807, 2.05) is 0 Å². The number of carboxylic acid groups (broad SMARTS) is 1. The standard InChI is InChI=1S/C19H27N3O3/c1-25-18-15(9-20-11-22-18)10-21-16(5-17(23)24)19-6-12-2-13(7-19)4-14(3-12)8-19/h9,11-14,16,21H,2-8,10H2,1H3,(H,23,24). The summed E-state index contributed by atoms with van der Waals surface area (Å²) < 4.78 is 5.30. The van der Waals surface area contributed by atoms with E-state index >= 15 is 0 Å². The first-order chi connectivity index (χ1) is 12.1. The monoisotopic (exact) mass is 345 g/mol. The van der Waals surface area contributed by atoms with Crippen molar-refractivity contribution in [2.45, 2.75) is 57.5 Å². The lowest BCUT2D eigenvalue weighted by Gasteiger charge is -2.59. The number of nitrogens with one attached hydrogen (secondary N) is 1. The number of aliphatic carboxylic acids is 1. The van der Waals surface area contributed by atoms with Crippen molar-refractivity contribution in [2.75, 3.05) is 7.11 Å². The van der Waals surface area contributed by atoms with Crippen LogP contribution in [0.25, 0.3) is 0 Å². The predicted molar refractivity (Wildman–Crippen MR) is 92.1 cm³/mol. The lowest BCUT2D eigenvalue weighted by molar-refractivity contribution is -0.141. The van der Waals surface area contributed by atoms with Crippen molar-refractivity contribution in [1.82, 2.24) is 15.3 Å². The van der Waals surface area contributed by atoms with Gasteiger partial charge < -0.3 is 15.2 Å². The lowest BCUT2D eigenvalue weighted by Crippen LogP contribution is -2.56. The second-order valence-electron chi connectivity index (χ2n) is 8.37. The minimum absolute atomic E-state index is 0.00307. The average Bonchev–Trinajstić information content (AvgIpc) is 2.57. The fourth-order valence-electron chi connectivity index (χ4n) is 6.17. The van der Waals surface area contributed by atoms with Crippen LogP contribution in [0.5, 0.6) is 5.88 Å². The number of nitrogens with zero attached hydrogens (tertiary/aromatic N) is 2. The molecule has 6 nitrogen and oxygen atoms in total. The third kappa shape index (κ3) is 3.24. The minimum Gasteiger partial charge on any atom is -0.481 e. The summed E-state index contributed by atoms with van der Waals surface area (Å²) in [4.78, 5) is 19.8. The van der Waals surface area contributed by atoms with E-state index < -0.39 is 5.97 Å². The van der Waals surface area contributed by atoms with Crippen molar-refractivity contribution in [3.8, 4) is 5.88 Å². The van der Waals surface area contributed by atoms with Gasteiger partial charge in [0.1, 0.15) is 6.33 Å². The van der Waals surface area contributed by atoms with Crippen molar-refractivity contribution in [2.24, 2.45) is 23.2 Å². The molecule has 4 aliphatic rings. The molecular formula is C19H27N3O3. The Labute approximate surface area is 148 Å². The number of carboxylic acids is 1. The highest BCUT2D eigenvalue weighted by molar-refractivity contribution is 5.67. The summed E-state index contributed by atoms with van der Waals surface area (Å²) in [7, 11) is 1.60. The first-order valence-electron chi connectivity index (χ1n) is 9.36. The second-order valence-corrected chi connectivity index (χ2v) is 8.37. The third-order valence-electron chi connectivity index (χ3n) is 6.68. The molecule has 2 N–H and O–H groups in total. The Morgan fingerprint density at radius 3 is 2.52 bits per heavy atom. The zero-order valence-electron chi connectivity index (χ0n) is 14.8. The van der Waals surface area contributed by atoms with Gasteiger partial charge in [-0.1, -0.05) is 0 Å². The van der Waals surface area contributed by atoms with Gasteiger partial charge in [-0.2, -0.15) is 0 Å². The molecule has 0 amide bonds. The molecule has 1 unspecified atom stereocenters. The Morgan fingerprint density at radius 2 is 1.96 bits per heavy atom. The van der Waals surface area contributed by atoms with Crippen LogP contribution in [-0.4, -0.2) is 34.2 Å². The van der Waals surface area contributed by atoms with Crippen molar-refractivity contribution >= 4 is 5.97 Å². The molecule has 1 atom stereocenters. The molecule has 1 aromatic heterocycles. The summed E-state index contributed by atoms with van der Waals surface area (Å²) in [5.41, 5.74) is 1.03. The lowest BCUT2D eigenvalue weighted by atomic mass is 9.47. The van der Waals surface area contributed by atoms with Gasteiger partial charge in [0.2, 0.25) is 5.88 Å². The first-order valence-corrected chi connectivity index (χ1v) is 9.36. The van der Waals surface area contributed by atoms with Crippen LogP contribution < -0.4 is 10.1 Å². The maximum absolute atomic E-state index is 11.5. The topological polar surface area (TPSA) is 84.3 Å². The number of hydrogen-bond acceptors (Lipinski definition) is 5. The van der Waals surface area contributed by atoms with E-state index in [9.17, 15) is 9.90 Å². The quantitative estimate of drug-likeness (QED) is 0.790. The molecule has 0 spiro atoms. The highest BCUT2D eigenvalue weighted by Crippen LogP contribution is 2.61. The van der Waals surface area contributed by atoms with Crippen LogP contribution in [0.1, 0.15) is 50.5 Å². The summed E-state index contributed by atoms with van der Waals surface area (Å²) in [6.07, 6.45) is 11.0. The molecule has 4 aliphatic carbocycles. The van der Waals surface area contributed by atoms with Crippen LogP contribution in [0.2, 0.25) is 0 Å². The van der Waals surface area contributed by atoms with Crippen molar-refractivity contribution in [3.63, 3.8) is 0 Å². The van der Waals surface area contributed by atoms with Gasteiger partial charge >= 0.3 is 5.97 Å². The summed E-state index contributed by atoms with van der Waals surface area (Å²) in [5.74, 6) is 2.25. The normalized spacial score (nSPS) is 34.0. The van der Waals surface area contributed by atoms with E-state index in [1.165, 1.54) is 44.9 Å². The Morgan fingerprint density at radius 1 is 1.32 bits per heavy atom. The molecule has 6 heteroatoms. The van der Waals surface area contributed by atoms with E-state index in [4.69, 9.17) is 4.74 Å². The Hall–Kier alpha value is -1.69. The molecule has 4 fully saturated rings. The molecule has 1 heterocycles. The summed E-state index contributed by atoms with van der Waals surface area (Å²) >= 11 is 0. The van der Waals surface area contributed by atoms with Gasteiger partial charge in [0.05, 0.1) is 13.5 Å². The van der Waals surface area contributed by atoms with Gasteiger partial charge in [-0.25, -0.2) is 9.97 Å². The predicted octanol–water partition coefficient (Wildman–Crippen LogP) is 2.63. The Kier molecular flexibility index (Phi) is 4.40. The number of ether oxygens (including phenoxy) is 1. The summed E-state index contributed by atoms with van der Waals surface area (Å²) in [6, 6.07) is 0.00307. The number of methoxy groups -OCH3 is 1. The molecule has 0 radical (unpaired) electrons. The smallest absolute Gasteiger partial charge is 0.304 e. The van der Waals surface area contributed by atoms with Crippen LogP contribution in [-0.2, 0) is 11.3 Å². The van der Waals surface area contributed by atoms with Gasteiger partial charge in [0.25, 0.3) is 0 Å². The van der Waals surface area contributed by atoms with E-state index in [1.54, 1.807) is 13.3 Å². The van der Waals surface area contributed by atoms with Crippen molar-refractivity contribution in [1.29, 1.82) is 0 Å². The van der Waals surface area contributed by atoms with E-state index in [0.717, 1.165) is 23.3 Å². The number of aromatic nitrogens is 2. The zero-order valence-corrected chi connectivity index (χ0v) is 14.8. The van der Waals surface area contributed by atoms with E-state index in [2.05, 4.69) is 15.3 Å². The van der Waals surface area contributed by atoms with Crippen molar-refractivity contribution < 1.29 is 14.6 Å². The Bertz CT molecular complexity index is 613. The fourth-order valence-corrected chi connectivity index (χ4v) is 6.17. The fraction of sp³-hybridized carbons (Fsp3) is 0.737. The highest BCUT2D eigenvalue weighted by Gasteiger charge is 2.54. The molecule has 4 bridgehead atoms. The van der Waals surface area contributed by atoms with Crippen LogP contribution in [0.15, 0.2) is 12.5 Å². The minimum atomic E-state index is -0.718. The summed E-state index contributed by atoms with van der Waals surface area (Å²) in [5, 5.41) is 13.1. The average molecular weight is 345 g/mol. The molecular weight excluding hydrogens is 318 g/mol. The number of rotatable bonds is 7. The third-order valence-corrected chi connectivity index (χ3v) is 6.68. The Balaban J connectivity index is 1.53. The second kappa shape index (κ2) is 6.56.